The van der Waals surface area contributed by atoms with E-state index in [4.69, 9.17) is 5.26 Å². The molecule has 1 aromatic carbocycles. The van der Waals surface area contributed by atoms with Crippen LogP contribution in [0.15, 0.2) is 59.3 Å². The summed E-state index contributed by atoms with van der Waals surface area (Å²) >= 11 is 1.15. The number of thioether (sulfide) groups is 1. The summed E-state index contributed by atoms with van der Waals surface area (Å²) in [6, 6.07) is 7.68. The van der Waals surface area contributed by atoms with E-state index in [1.165, 1.54) is 0 Å². The van der Waals surface area contributed by atoms with E-state index in [2.05, 4.69) is 27.2 Å². The molecule has 23 heavy (non-hydrogen) atoms. The van der Waals surface area contributed by atoms with Gasteiger partial charge in [0.25, 0.3) is 0 Å². The topological polar surface area (TPSA) is 49.6 Å². The fourth-order valence-corrected chi connectivity index (χ4v) is 2.51. The molecule has 4 heteroatoms. The van der Waals surface area contributed by atoms with Gasteiger partial charge in [-0.2, -0.15) is 5.26 Å². The number of benzene rings is 1. The number of rotatable bonds is 2. The smallest absolute Gasteiger partial charge is 0.155 e. The van der Waals surface area contributed by atoms with Crippen LogP contribution in [-0.4, -0.2) is 9.97 Å². The van der Waals surface area contributed by atoms with Crippen LogP contribution in [0.4, 0.5) is 0 Å². The second kappa shape index (κ2) is 6.96. The van der Waals surface area contributed by atoms with Gasteiger partial charge in [0.1, 0.15) is 5.40 Å². The van der Waals surface area contributed by atoms with Gasteiger partial charge in [0.2, 0.25) is 0 Å². The van der Waals surface area contributed by atoms with Crippen LogP contribution in [0.2, 0.25) is 0 Å². The Bertz CT molecular complexity index is 873. The zero-order valence-electron chi connectivity index (χ0n) is 12.6. The van der Waals surface area contributed by atoms with Crippen molar-refractivity contribution in [1.29, 1.82) is 5.26 Å². The van der Waals surface area contributed by atoms with Crippen molar-refractivity contribution in [1.82, 2.24) is 9.97 Å². The largest absolute Gasteiger partial charge is 0.237 e. The Morgan fingerprint density at radius 1 is 1.04 bits per heavy atom. The molecule has 0 atom stereocenters. The van der Waals surface area contributed by atoms with Crippen LogP contribution in [0.25, 0.3) is 5.57 Å². The molecule has 1 heterocycles. The quantitative estimate of drug-likeness (QED) is 0.475. The van der Waals surface area contributed by atoms with Gasteiger partial charge in [-0.1, -0.05) is 17.9 Å². The molecule has 0 N–H and O–H groups in total. The van der Waals surface area contributed by atoms with Gasteiger partial charge in [0.15, 0.2) is 5.82 Å². The number of aromatic nitrogens is 2. The molecule has 2 aromatic rings. The highest BCUT2D eigenvalue weighted by atomic mass is 32.2. The summed E-state index contributed by atoms with van der Waals surface area (Å²) in [5.41, 5.74) is 4.14. The van der Waals surface area contributed by atoms with Crippen LogP contribution in [0.3, 0.4) is 0 Å². The Morgan fingerprint density at radius 2 is 1.78 bits per heavy atom. The lowest BCUT2D eigenvalue weighted by Gasteiger charge is -2.00. The summed E-state index contributed by atoms with van der Waals surface area (Å²) in [6.07, 6.45) is 8.46. The van der Waals surface area contributed by atoms with Crippen LogP contribution in [0.1, 0.15) is 23.4 Å². The molecule has 0 saturated heterocycles. The maximum absolute atomic E-state index is 8.63. The van der Waals surface area contributed by atoms with Crippen LogP contribution < -0.4 is 0 Å². The fraction of sp³-hybridized carbons (Fsp3) is 0.105. The average molecular weight is 315 g/mol. The van der Waals surface area contributed by atoms with E-state index in [0.717, 1.165) is 51.2 Å². The summed E-state index contributed by atoms with van der Waals surface area (Å²) in [5, 5.41) is 10.7. The lowest BCUT2D eigenvalue weighted by molar-refractivity contribution is 1.07. The monoisotopic (exact) mass is 315 g/mol. The third kappa shape index (κ3) is 3.88. The van der Waals surface area contributed by atoms with Crippen molar-refractivity contribution in [2.24, 2.45) is 0 Å². The number of allylic oxidation sites excluding steroid dienone is 4. The highest BCUT2D eigenvalue weighted by Crippen LogP contribution is 2.25. The van der Waals surface area contributed by atoms with E-state index in [1.54, 1.807) is 0 Å². The van der Waals surface area contributed by atoms with Gasteiger partial charge in [-0.05, 0) is 54.6 Å². The number of thiocyanates is 1. The van der Waals surface area contributed by atoms with E-state index in [1.807, 2.05) is 55.7 Å². The van der Waals surface area contributed by atoms with E-state index >= 15 is 0 Å². The normalized spacial score (nSPS) is 12.7. The van der Waals surface area contributed by atoms with Crippen LogP contribution in [0.5, 0.6) is 0 Å². The van der Waals surface area contributed by atoms with Gasteiger partial charge in [0, 0.05) is 40.4 Å². The second-order valence-corrected chi connectivity index (χ2v) is 5.97. The Morgan fingerprint density at radius 3 is 2.48 bits per heavy atom. The summed E-state index contributed by atoms with van der Waals surface area (Å²) in [4.78, 5) is 9.63. The predicted molar refractivity (Wildman–Crippen MR) is 92.2 cm³/mol. The minimum atomic E-state index is 0.762. The molecular weight excluding hydrogens is 302 g/mol. The van der Waals surface area contributed by atoms with Gasteiger partial charge in [0.05, 0.1) is 0 Å². The van der Waals surface area contributed by atoms with Crippen molar-refractivity contribution >= 4 is 17.3 Å². The number of hydrogen-bond donors (Lipinski definition) is 0. The third-order valence-electron chi connectivity index (χ3n) is 3.32. The van der Waals surface area contributed by atoms with E-state index in [9.17, 15) is 0 Å². The summed E-state index contributed by atoms with van der Waals surface area (Å²) in [7, 11) is 0. The van der Waals surface area contributed by atoms with Gasteiger partial charge in [-0.15, -0.1) is 0 Å². The summed E-state index contributed by atoms with van der Waals surface area (Å²) < 4.78 is 0. The van der Waals surface area contributed by atoms with Crippen LogP contribution in [0, 0.1) is 29.4 Å². The molecule has 0 aliphatic heterocycles. The zero-order chi connectivity index (χ0) is 16.1. The Balaban J connectivity index is 1.65. The SMILES string of the molecule is Cc1cnc(C2=CC=C(C#Cc3ccc(SC#N)cc3)C2)nc1. The maximum atomic E-state index is 8.63. The molecule has 0 unspecified atom stereocenters. The molecular formula is C19H13N3S. The molecule has 1 aliphatic carbocycles. The first-order valence-corrected chi connectivity index (χ1v) is 7.93. The molecule has 3 nitrogen and oxygen atoms in total. The lowest BCUT2D eigenvalue weighted by Crippen LogP contribution is -1.93. The lowest BCUT2D eigenvalue weighted by atomic mass is 10.1. The zero-order valence-corrected chi connectivity index (χ0v) is 13.4. The third-order valence-corrected chi connectivity index (χ3v) is 3.92. The van der Waals surface area contributed by atoms with Crippen molar-refractivity contribution in [3.05, 3.63) is 71.3 Å². The average Bonchev–Trinajstić information content (AvgIpc) is 3.04. The molecule has 1 aromatic heterocycles. The van der Waals surface area contributed by atoms with Crippen molar-refractivity contribution in [2.45, 2.75) is 18.2 Å². The Kier molecular flexibility index (Phi) is 4.57. The van der Waals surface area contributed by atoms with E-state index < -0.39 is 0 Å². The highest BCUT2D eigenvalue weighted by Gasteiger charge is 2.10. The van der Waals surface area contributed by atoms with Crippen LogP contribution >= 0.6 is 11.8 Å². The van der Waals surface area contributed by atoms with Gasteiger partial charge in [-0.25, -0.2) is 9.97 Å². The maximum Gasteiger partial charge on any atom is 0.155 e. The molecule has 1 aliphatic rings. The van der Waals surface area contributed by atoms with E-state index in [-0.39, 0.29) is 0 Å². The number of aryl methyl sites for hydroxylation is 1. The molecule has 0 fully saturated rings. The van der Waals surface area contributed by atoms with Crippen molar-refractivity contribution in [3.8, 4) is 17.2 Å². The molecule has 0 saturated carbocycles. The van der Waals surface area contributed by atoms with Crippen molar-refractivity contribution in [3.63, 3.8) is 0 Å². The summed E-state index contributed by atoms with van der Waals surface area (Å²) in [6.45, 7) is 1.97. The first-order valence-electron chi connectivity index (χ1n) is 7.11. The Labute approximate surface area is 139 Å². The highest BCUT2D eigenvalue weighted by molar-refractivity contribution is 8.03. The minimum Gasteiger partial charge on any atom is -0.237 e. The van der Waals surface area contributed by atoms with E-state index in [0.29, 0.717) is 0 Å². The first kappa shape index (κ1) is 15.1. The molecule has 0 amide bonds. The van der Waals surface area contributed by atoms with Gasteiger partial charge in [-0.3, -0.25) is 0 Å². The molecule has 0 spiro atoms. The molecule has 0 bridgehead atoms. The number of hydrogen-bond acceptors (Lipinski definition) is 4. The Hall–Kier alpha value is -2.82. The molecule has 0 radical (unpaired) electrons. The second-order valence-electron chi connectivity index (χ2n) is 5.11. The standard InChI is InChI=1S/C19H13N3S/c1-14-11-21-19(22-12-14)17-7-4-16(10-17)3-2-15-5-8-18(9-6-15)23-13-20/h4-9,11-12H,10H2,1H3. The number of nitrogens with zero attached hydrogens (tertiary/aromatic N) is 3. The molecule has 110 valence electrons. The minimum absolute atomic E-state index is 0.762. The first-order chi connectivity index (χ1) is 11.2. The fourth-order valence-electron chi connectivity index (χ4n) is 2.13. The summed E-state index contributed by atoms with van der Waals surface area (Å²) in [5.74, 6) is 7.11. The predicted octanol–water partition coefficient (Wildman–Crippen LogP) is 4.12. The number of nitriles is 1. The molecule has 3 rings (SSSR count). The van der Waals surface area contributed by atoms with Crippen molar-refractivity contribution in [2.75, 3.05) is 0 Å². The van der Waals surface area contributed by atoms with Crippen molar-refractivity contribution < 1.29 is 0 Å². The van der Waals surface area contributed by atoms with Crippen LogP contribution in [-0.2, 0) is 0 Å². The van der Waals surface area contributed by atoms with Gasteiger partial charge >= 0.3 is 0 Å². The van der Waals surface area contributed by atoms with Gasteiger partial charge < -0.3 is 0 Å².